The quantitative estimate of drug-likeness (QED) is 0.383. The van der Waals surface area contributed by atoms with Gasteiger partial charge in [0, 0.05) is 27.2 Å². The predicted octanol–water partition coefficient (Wildman–Crippen LogP) is 2.15. The second kappa shape index (κ2) is 10.2. The number of sulfone groups is 1. The number of hydrogen-bond donors (Lipinski definition) is 1. The van der Waals surface area contributed by atoms with Gasteiger partial charge in [0.1, 0.15) is 5.75 Å². The first-order valence-electron chi connectivity index (χ1n) is 8.27. The third kappa shape index (κ3) is 7.01. The van der Waals surface area contributed by atoms with Crippen LogP contribution < -0.4 is 10.1 Å². The summed E-state index contributed by atoms with van der Waals surface area (Å²) in [6.07, 6.45) is 0.731. The highest BCUT2D eigenvalue weighted by molar-refractivity contribution is 14.0. The fraction of sp³-hybridized carbons (Fsp3) is 0.588. The van der Waals surface area contributed by atoms with Crippen molar-refractivity contribution in [2.45, 2.75) is 19.9 Å². The van der Waals surface area contributed by atoms with E-state index in [-0.39, 0.29) is 35.6 Å². The van der Waals surface area contributed by atoms with Crippen molar-refractivity contribution in [2.75, 3.05) is 38.8 Å². The molecule has 1 heterocycles. The van der Waals surface area contributed by atoms with Crippen LogP contribution in [0.5, 0.6) is 5.75 Å². The molecule has 1 aromatic carbocycles. The Morgan fingerprint density at radius 2 is 2.04 bits per heavy atom. The van der Waals surface area contributed by atoms with E-state index in [0.29, 0.717) is 18.9 Å². The van der Waals surface area contributed by atoms with Crippen LogP contribution in [0.3, 0.4) is 0 Å². The molecular weight excluding hydrogens is 453 g/mol. The van der Waals surface area contributed by atoms with Crippen LogP contribution in [0.1, 0.15) is 18.9 Å². The lowest BCUT2D eigenvalue weighted by Gasteiger charge is -2.23. The molecule has 0 saturated carbocycles. The summed E-state index contributed by atoms with van der Waals surface area (Å²) in [6.45, 7) is 3.98. The van der Waals surface area contributed by atoms with E-state index in [0.717, 1.165) is 30.2 Å². The molecule has 0 amide bonds. The molecule has 142 valence electrons. The largest absolute Gasteiger partial charge is 0.494 e. The lowest BCUT2D eigenvalue weighted by atomic mass is 10.1. The minimum atomic E-state index is -2.83. The normalized spacial score (nSPS) is 19.2. The smallest absolute Gasteiger partial charge is 0.193 e. The van der Waals surface area contributed by atoms with Crippen LogP contribution in [0.4, 0.5) is 0 Å². The summed E-state index contributed by atoms with van der Waals surface area (Å²) in [4.78, 5) is 6.31. The minimum absolute atomic E-state index is 0. The maximum atomic E-state index is 11.5. The molecule has 0 radical (unpaired) electrons. The van der Waals surface area contributed by atoms with E-state index >= 15 is 0 Å². The molecule has 0 spiro atoms. The summed E-state index contributed by atoms with van der Waals surface area (Å²) >= 11 is 0. The first-order chi connectivity index (χ1) is 11.4. The van der Waals surface area contributed by atoms with Crippen LogP contribution in [0, 0.1) is 5.92 Å². The third-order valence-electron chi connectivity index (χ3n) is 4.10. The monoisotopic (exact) mass is 481 g/mol. The van der Waals surface area contributed by atoms with E-state index < -0.39 is 9.84 Å². The predicted molar refractivity (Wildman–Crippen MR) is 113 cm³/mol. The lowest BCUT2D eigenvalue weighted by Crippen LogP contribution is -2.40. The molecule has 1 unspecified atom stereocenters. The van der Waals surface area contributed by atoms with Gasteiger partial charge in [-0.25, -0.2) is 8.42 Å². The Morgan fingerprint density at radius 3 is 2.56 bits per heavy atom. The van der Waals surface area contributed by atoms with Crippen molar-refractivity contribution in [1.29, 1.82) is 0 Å². The zero-order chi connectivity index (χ0) is 17.6. The van der Waals surface area contributed by atoms with Crippen LogP contribution in [0.2, 0.25) is 0 Å². The number of guanidine groups is 1. The summed E-state index contributed by atoms with van der Waals surface area (Å²) in [7, 11) is 0.875. The summed E-state index contributed by atoms with van der Waals surface area (Å²) in [5.41, 5.74) is 1.16. The van der Waals surface area contributed by atoms with Gasteiger partial charge in [0.25, 0.3) is 0 Å². The van der Waals surface area contributed by atoms with Gasteiger partial charge in [-0.3, -0.25) is 4.99 Å². The standard InChI is InChI=1S/C17H27N3O3S.HI/c1-4-23-16-7-5-14(6-8-16)12-20(3)17(18-2)19-11-15-9-10-24(21,22)13-15;/h5-8,15H,4,9-13H2,1-3H3,(H,18,19);1H. The highest BCUT2D eigenvalue weighted by Gasteiger charge is 2.27. The minimum Gasteiger partial charge on any atom is -0.494 e. The highest BCUT2D eigenvalue weighted by atomic mass is 127. The molecule has 1 N–H and O–H groups in total. The van der Waals surface area contributed by atoms with E-state index in [1.54, 1.807) is 7.05 Å². The van der Waals surface area contributed by atoms with E-state index in [1.165, 1.54) is 0 Å². The van der Waals surface area contributed by atoms with Crippen molar-refractivity contribution in [3.63, 3.8) is 0 Å². The summed E-state index contributed by atoms with van der Waals surface area (Å²) in [5.74, 6) is 2.40. The molecule has 1 aromatic rings. The van der Waals surface area contributed by atoms with Crippen LogP contribution in [-0.2, 0) is 16.4 Å². The fourth-order valence-corrected chi connectivity index (χ4v) is 4.72. The van der Waals surface area contributed by atoms with E-state index in [9.17, 15) is 8.42 Å². The van der Waals surface area contributed by atoms with Crippen molar-refractivity contribution < 1.29 is 13.2 Å². The average molecular weight is 481 g/mol. The van der Waals surface area contributed by atoms with E-state index in [2.05, 4.69) is 10.3 Å². The Bertz CT molecular complexity index is 662. The molecule has 1 atom stereocenters. The van der Waals surface area contributed by atoms with Gasteiger partial charge >= 0.3 is 0 Å². The van der Waals surface area contributed by atoms with Gasteiger partial charge < -0.3 is 15.0 Å². The zero-order valence-corrected chi connectivity index (χ0v) is 18.2. The summed E-state index contributed by atoms with van der Waals surface area (Å²) in [6, 6.07) is 8.01. The van der Waals surface area contributed by atoms with Crippen molar-refractivity contribution >= 4 is 39.8 Å². The number of benzene rings is 1. The summed E-state index contributed by atoms with van der Waals surface area (Å²) < 4.78 is 28.5. The van der Waals surface area contributed by atoms with Gasteiger partial charge in [0.2, 0.25) is 0 Å². The van der Waals surface area contributed by atoms with Gasteiger partial charge in [-0.1, -0.05) is 12.1 Å². The van der Waals surface area contributed by atoms with Crippen molar-refractivity contribution in [1.82, 2.24) is 10.2 Å². The zero-order valence-electron chi connectivity index (χ0n) is 15.1. The van der Waals surface area contributed by atoms with Crippen LogP contribution in [0.25, 0.3) is 0 Å². The van der Waals surface area contributed by atoms with Gasteiger partial charge in [-0.2, -0.15) is 0 Å². The van der Waals surface area contributed by atoms with Crippen molar-refractivity contribution in [3.8, 4) is 5.75 Å². The van der Waals surface area contributed by atoms with Crippen LogP contribution in [0.15, 0.2) is 29.3 Å². The first kappa shape index (κ1) is 22.0. The van der Waals surface area contributed by atoms with Gasteiger partial charge in [-0.15, -0.1) is 24.0 Å². The maximum Gasteiger partial charge on any atom is 0.193 e. The average Bonchev–Trinajstić information content (AvgIpc) is 2.89. The Kier molecular flexibility index (Phi) is 8.98. The topological polar surface area (TPSA) is 71.0 Å². The molecule has 1 fully saturated rings. The molecule has 0 bridgehead atoms. The molecule has 1 saturated heterocycles. The third-order valence-corrected chi connectivity index (χ3v) is 5.94. The van der Waals surface area contributed by atoms with Crippen molar-refractivity contribution in [3.05, 3.63) is 29.8 Å². The number of halogens is 1. The molecule has 2 rings (SSSR count). The molecule has 0 aliphatic carbocycles. The van der Waals surface area contributed by atoms with Crippen molar-refractivity contribution in [2.24, 2.45) is 10.9 Å². The second-order valence-electron chi connectivity index (χ2n) is 6.13. The Labute approximate surface area is 168 Å². The molecule has 1 aliphatic heterocycles. The van der Waals surface area contributed by atoms with E-state index in [1.807, 2.05) is 43.1 Å². The number of rotatable bonds is 6. The van der Waals surface area contributed by atoms with Gasteiger partial charge in [0.15, 0.2) is 15.8 Å². The molecule has 1 aliphatic rings. The molecule has 6 nitrogen and oxygen atoms in total. The first-order valence-corrected chi connectivity index (χ1v) is 10.1. The number of nitrogens with zero attached hydrogens (tertiary/aromatic N) is 2. The fourth-order valence-electron chi connectivity index (χ4n) is 2.86. The van der Waals surface area contributed by atoms with Crippen LogP contribution >= 0.6 is 24.0 Å². The highest BCUT2D eigenvalue weighted by Crippen LogP contribution is 2.17. The van der Waals surface area contributed by atoms with Gasteiger partial charge in [-0.05, 0) is 37.0 Å². The number of nitrogens with one attached hydrogen (secondary N) is 1. The van der Waals surface area contributed by atoms with Gasteiger partial charge in [0.05, 0.1) is 18.1 Å². The summed E-state index contributed by atoms with van der Waals surface area (Å²) in [5, 5.41) is 3.29. The maximum absolute atomic E-state index is 11.5. The van der Waals surface area contributed by atoms with Crippen LogP contribution in [-0.4, -0.2) is 58.0 Å². The number of aliphatic imine (C=N–C) groups is 1. The number of ether oxygens (including phenoxy) is 1. The molecular formula is C17H28IN3O3S. The Morgan fingerprint density at radius 1 is 1.36 bits per heavy atom. The molecule has 25 heavy (non-hydrogen) atoms. The Balaban J connectivity index is 0.00000312. The lowest BCUT2D eigenvalue weighted by molar-refractivity contribution is 0.340. The molecule has 8 heteroatoms. The van der Waals surface area contributed by atoms with E-state index in [4.69, 9.17) is 4.74 Å². The Hall–Kier alpha value is -1.03. The molecule has 0 aromatic heterocycles. The number of hydrogen-bond acceptors (Lipinski definition) is 4. The SMILES string of the molecule is CCOc1ccc(CN(C)C(=NC)NCC2CCS(=O)(=O)C2)cc1.I. The second-order valence-corrected chi connectivity index (χ2v) is 8.36.